The van der Waals surface area contributed by atoms with Crippen molar-refractivity contribution < 1.29 is 9.32 Å². The van der Waals surface area contributed by atoms with Crippen LogP contribution in [0.4, 0.5) is 5.69 Å². The van der Waals surface area contributed by atoms with Crippen LogP contribution in [0, 0.1) is 6.92 Å². The molecule has 0 atom stereocenters. The second-order valence-corrected chi connectivity index (χ2v) is 7.20. The average molecular weight is 395 g/mol. The number of halogens is 1. The third-order valence-corrected chi connectivity index (χ3v) is 5.45. The normalized spacial score (nSPS) is 11.0. The van der Waals surface area contributed by atoms with Crippen molar-refractivity contribution in [3.63, 3.8) is 0 Å². The Kier molecular flexibility index (Phi) is 8.42. The highest BCUT2D eigenvalue weighted by atomic mass is 35.5. The Balaban J connectivity index is 2.04. The predicted molar refractivity (Wildman–Crippen MR) is 113 cm³/mol. The monoisotopic (exact) mass is 394 g/mol. The molecular weight excluding hydrogens is 366 g/mol. The SMILES string of the molecule is CC[NH+](CC)CCCN(Cc1ccco1)C(=S)Nc1cccc(Cl)c1C. The highest BCUT2D eigenvalue weighted by Crippen LogP contribution is 2.23. The average Bonchev–Trinajstić information content (AvgIpc) is 3.14. The Morgan fingerprint density at radius 2 is 2.00 bits per heavy atom. The summed E-state index contributed by atoms with van der Waals surface area (Å²) < 4.78 is 5.52. The Labute approximate surface area is 167 Å². The summed E-state index contributed by atoms with van der Waals surface area (Å²) in [5, 5.41) is 4.79. The molecule has 0 aliphatic carbocycles. The largest absolute Gasteiger partial charge is 0.467 e. The zero-order valence-corrected chi connectivity index (χ0v) is 17.4. The summed E-state index contributed by atoms with van der Waals surface area (Å²) in [7, 11) is 0. The Hall–Kier alpha value is -1.56. The van der Waals surface area contributed by atoms with Crippen LogP contribution in [0.15, 0.2) is 41.0 Å². The first kappa shape index (κ1) is 20.7. The molecule has 0 radical (unpaired) electrons. The van der Waals surface area contributed by atoms with Gasteiger partial charge in [0.25, 0.3) is 0 Å². The summed E-state index contributed by atoms with van der Waals surface area (Å²) in [6.45, 7) is 11.4. The van der Waals surface area contributed by atoms with E-state index in [1.165, 1.54) is 0 Å². The molecule has 1 aromatic carbocycles. The van der Waals surface area contributed by atoms with E-state index in [2.05, 4.69) is 24.1 Å². The molecule has 0 spiro atoms. The summed E-state index contributed by atoms with van der Waals surface area (Å²) in [6.07, 6.45) is 2.78. The van der Waals surface area contributed by atoms with Crippen molar-refractivity contribution in [1.82, 2.24) is 4.90 Å². The molecular formula is C20H29ClN3OS+. The number of benzene rings is 1. The number of anilines is 1. The highest BCUT2D eigenvalue weighted by molar-refractivity contribution is 7.80. The summed E-state index contributed by atoms with van der Waals surface area (Å²) >= 11 is 11.9. The maximum Gasteiger partial charge on any atom is 0.173 e. The van der Waals surface area contributed by atoms with Crippen molar-refractivity contribution in [2.24, 2.45) is 0 Å². The van der Waals surface area contributed by atoms with Crippen LogP contribution in [0.2, 0.25) is 5.02 Å². The summed E-state index contributed by atoms with van der Waals surface area (Å²) in [6, 6.07) is 9.71. The van der Waals surface area contributed by atoms with Gasteiger partial charge < -0.3 is 19.5 Å². The number of hydrogen-bond acceptors (Lipinski definition) is 2. The number of rotatable bonds is 9. The number of thiocarbonyl (C=S) groups is 1. The minimum absolute atomic E-state index is 0.659. The molecule has 0 fully saturated rings. The molecule has 0 unspecified atom stereocenters. The molecule has 1 heterocycles. The van der Waals surface area contributed by atoms with Gasteiger partial charge in [0.05, 0.1) is 32.4 Å². The lowest BCUT2D eigenvalue weighted by atomic mass is 10.2. The molecule has 0 saturated heterocycles. The highest BCUT2D eigenvalue weighted by Gasteiger charge is 2.14. The van der Waals surface area contributed by atoms with E-state index in [0.717, 1.165) is 54.6 Å². The fraction of sp³-hybridized carbons (Fsp3) is 0.450. The minimum atomic E-state index is 0.659. The van der Waals surface area contributed by atoms with Crippen molar-refractivity contribution >= 4 is 34.6 Å². The molecule has 0 aliphatic rings. The van der Waals surface area contributed by atoms with Gasteiger partial charge in [0.15, 0.2) is 5.11 Å². The Morgan fingerprint density at radius 1 is 1.23 bits per heavy atom. The van der Waals surface area contributed by atoms with Crippen LogP contribution in [0.1, 0.15) is 31.6 Å². The summed E-state index contributed by atoms with van der Waals surface area (Å²) in [5.74, 6) is 0.909. The van der Waals surface area contributed by atoms with E-state index in [9.17, 15) is 0 Å². The van der Waals surface area contributed by atoms with Gasteiger partial charge in [0.2, 0.25) is 0 Å². The quantitative estimate of drug-likeness (QED) is 0.634. The lowest BCUT2D eigenvalue weighted by Gasteiger charge is -2.26. The standard InChI is InChI=1S/C20H28ClN3OS/c1-4-23(5-2)12-8-13-24(15-17-9-7-14-25-17)20(26)22-19-11-6-10-18(21)16(19)3/h6-7,9-11,14H,4-5,8,12-13,15H2,1-3H3,(H,22,26)/p+1. The summed E-state index contributed by atoms with van der Waals surface area (Å²) in [4.78, 5) is 3.77. The molecule has 2 aromatic rings. The van der Waals surface area contributed by atoms with Crippen molar-refractivity contribution in [1.29, 1.82) is 0 Å². The topological polar surface area (TPSA) is 32.9 Å². The fourth-order valence-corrected chi connectivity index (χ4v) is 3.34. The van der Waals surface area contributed by atoms with E-state index in [4.69, 9.17) is 28.2 Å². The van der Waals surface area contributed by atoms with Crippen LogP contribution in [-0.2, 0) is 6.54 Å². The van der Waals surface area contributed by atoms with Crippen molar-refractivity contribution in [3.8, 4) is 0 Å². The molecule has 1 aromatic heterocycles. The lowest BCUT2D eigenvalue weighted by molar-refractivity contribution is -0.896. The molecule has 2 rings (SSSR count). The third kappa shape index (κ3) is 6.01. The molecule has 0 amide bonds. The van der Waals surface area contributed by atoms with Crippen LogP contribution in [0.5, 0.6) is 0 Å². The van der Waals surface area contributed by atoms with Gasteiger partial charge in [-0.25, -0.2) is 0 Å². The third-order valence-electron chi connectivity index (χ3n) is 4.68. The second-order valence-electron chi connectivity index (χ2n) is 6.40. The maximum absolute atomic E-state index is 6.23. The van der Waals surface area contributed by atoms with Gasteiger partial charge in [-0.15, -0.1) is 0 Å². The number of furan rings is 1. The van der Waals surface area contributed by atoms with Crippen LogP contribution in [0.3, 0.4) is 0 Å². The van der Waals surface area contributed by atoms with E-state index in [1.54, 1.807) is 11.2 Å². The smallest absolute Gasteiger partial charge is 0.173 e. The number of nitrogens with one attached hydrogen (secondary N) is 2. The second kappa shape index (κ2) is 10.6. The Morgan fingerprint density at radius 3 is 2.65 bits per heavy atom. The van der Waals surface area contributed by atoms with E-state index in [-0.39, 0.29) is 0 Å². The molecule has 26 heavy (non-hydrogen) atoms. The minimum Gasteiger partial charge on any atom is -0.467 e. The van der Waals surface area contributed by atoms with E-state index in [0.29, 0.717) is 11.7 Å². The Bertz CT molecular complexity index is 686. The predicted octanol–water partition coefficient (Wildman–Crippen LogP) is 3.76. The molecule has 2 N–H and O–H groups in total. The summed E-state index contributed by atoms with van der Waals surface area (Å²) in [5.41, 5.74) is 1.95. The van der Waals surface area contributed by atoms with Crippen LogP contribution >= 0.6 is 23.8 Å². The van der Waals surface area contributed by atoms with Gasteiger partial charge in [0, 0.05) is 23.7 Å². The molecule has 0 bridgehead atoms. The first-order valence-electron chi connectivity index (χ1n) is 9.22. The van der Waals surface area contributed by atoms with Crippen LogP contribution in [-0.4, -0.2) is 36.2 Å². The van der Waals surface area contributed by atoms with Crippen LogP contribution in [0.25, 0.3) is 0 Å². The van der Waals surface area contributed by atoms with E-state index < -0.39 is 0 Å². The van der Waals surface area contributed by atoms with Crippen molar-refractivity contribution in [2.45, 2.75) is 33.7 Å². The van der Waals surface area contributed by atoms with Gasteiger partial charge in [0.1, 0.15) is 5.76 Å². The zero-order valence-electron chi connectivity index (χ0n) is 15.8. The molecule has 0 aliphatic heterocycles. The maximum atomic E-state index is 6.23. The van der Waals surface area contributed by atoms with Gasteiger partial charge in [-0.1, -0.05) is 17.7 Å². The number of hydrogen-bond donors (Lipinski definition) is 2. The van der Waals surface area contributed by atoms with Gasteiger partial charge in [-0.05, 0) is 62.8 Å². The van der Waals surface area contributed by atoms with Gasteiger partial charge in [-0.3, -0.25) is 0 Å². The van der Waals surface area contributed by atoms with E-state index in [1.807, 2.05) is 37.3 Å². The molecule has 142 valence electrons. The first-order chi connectivity index (χ1) is 12.5. The molecule has 4 nitrogen and oxygen atoms in total. The van der Waals surface area contributed by atoms with Crippen molar-refractivity contribution in [3.05, 3.63) is 52.9 Å². The zero-order chi connectivity index (χ0) is 18.9. The van der Waals surface area contributed by atoms with Gasteiger partial charge >= 0.3 is 0 Å². The van der Waals surface area contributed by atoms with Crippen molar-refractivity contribution in [2.75, 3.05) is 31.5 Å². The lowest BCUT2D eigenvalue weighted by Crippen LogP contribution is -3.11. The van der Waals surface area contributed by atoms with E-state index >= 15 is 0 Å². The first-order valence-corrected chi connectivity index (χ1v) is 10.0. The molecule has 6 heteroatoms. The van der Waals surface area contributed by atoms with Crippen LogP contribution < -0.4 is 10.2 Å². The number of nitrogens with zero attached hydrogens (tertiary/aromatic N) is 1. The van der Waals surface area contributed by atoms with Gasteiger partial charge in [-0.2, -0.15) is 0 Å². The fourth-order valence-electron chi connectivity index (χ4n) is 2.90. The number of quaternary nitrogens is 1. The molecule has 0 saturated carbocycles.